The topological polar surface area (TPSA) is 35.5 Å². The van der Waals surface area contributed by atoms with E-state index in [1.54, 1.807) is 6.08 Å². The first-order valence-electron chi connectivity index (χ1n) is 7.80. The van der Waals surface area contributed by atoms with Gasteiger partial charge in [-0.25, -0.2) is 4.79 Å². The molecule has 2 aromatic carbocycles. The highest BCUT2D eigenvalue weighted by atomic mass is 16.5. The van der Waals surface area contributed by atoms with Gasteiger partial charge in [-0.3, -0.25) is 0 Å². The first-order chi connectivity index (χ1) is 11.2. The highest BCUT2D eigenvalue weighted by Gasteiger charge is 1.98. The van der Waals surface area contributed by atoms with Gasteiger partial charge in [0.25, 0.3) is 0 Å². The van der Waals surface area contributed by atoms with Crippen molar-refractivity contribution in [2.75, 3.05) is 6.61 Å². The third kappa shape index (κ3) is 5.99. The molecule has 0 spiro atoms. The Morgan fingerprint density at radius 3 is 2.61 bits per heavy atom. The Kier molecular flexibility index (Phi) is 6.42. The monoisotopic (exact) mass is 310 g/mol. The predicted molar refractivity (Wildman–Crippen MR) is 92.2 cm³/mol. The van der Waals surface area contributed by atoms with E-state index in [1.165, 1.54) is 11.6 Å². The van der Waals surface area contributed by atoms with Crippen LogP contribution < -0.4 is 4.74 Å². The summed E-state index contributed by atoms with van der Waals surface area (Å²) >= 11 is 0. The highest BCUT2D eigenvalue weighted by Crippen LogP contribution is 2.15. The Morgan fingerprint density at radius 1 is 1.13 bits per heavy atom. The Morgan fingerprint density at radius 2 is 1.91 bits per heavy atom. The van der Waals surface area contributed by atoms with Gasteiger partial charge in [0.2, 0.25) is 0 Å². The molecule has 0 aromatic heterocycles. The molecular formula is C20H22O3. The van der Waals surface area contributed by atoms with E-state index < -0.39 is 0 Å². The van der Waals surface area contributed by atoms with E-state index >= 15 is 0 Å². The van der Waals surface area contributed by atoms with Crippen molar-refractivity contribution >= 4 is 12.0 Å². The van der Waals surface area contributed by atoms with Crippen LogP contribution in [0.1, 0.15) is 30.0 Å². The summed E-state index contributed by atoms with van der Waals surface area (Å²) in [6.07, 6.45) is 4.01. The largest absolute Gasteiger partial charge is 0.489 e. The second kappa shape index (κ2) is 8.79. The van der Waals surface area contributed by atoms with Crippen molar-refractivity contribution in [2.24, 2.45) is 0 Å². The summed E-state index contributed by atoms with van der Waals surface area (Å²) in [6.45, 7) is 5.03. The maximum Gasteiger partial charge on any atom is 0.330 e. The number of esters is 1. The van der Waals surface area contributed by atoms with Gasteiger partial charge in [0.05, 0.1) is 6.61 Å². The number of aryl methyl sites for hydroxylation is 1. The summed E-state index contributed by atoms with van der Waals surface area (Å²) in [5.74, 6) is 0.490. The molecule has 0 aliphatic heterocycles. The van der Waals surface area contributed by atoms with Gasteiger partial charge in [0.1, 0.15) is 12.4 Å². The number of ether oxygens (including phenoxy) is 2. The average molecular weight is 310 g/mol. The van der Waals surface area contributed by atoms with Gasteiger partial charge in [0, 0.05) is 6.08 Å². The molecule has 0 amide bonds. The zero-order valence-corrected chi connectivity index (χ0v) is 13.6. The van der Waals surface area contributed by atoms with Crippen molar-refractivity contribution < 1.29 is 14.3 Å². The highest BCUT2D eigenvalue weighted by molar-refractivity contribution is 5.87. The number of carbonyl (C=O) groups excluding carboxylic acids is 1. The molecule has 0 heterocycles. The molecule has 0 N–H and O–H groups in total. The van der Waals surface area contributed by atoms with E-state index in [0.717, 1.165) is 23.3 Å². The van der Waals surface area contributed by atoms with Crippen molar-refractivity contribution in [3.63, 3.8) is 0 Å². The van der Waals surface area contributed by atoms with Crippen LogP contribution in [0.4, 0.5) is 0 Å². The third-order valence-corrected chi connectivity index (χ3v) is 3.23. The summed E-state index contributed by atoms with van der Waals surface area (Å²) in [4.78, 5) is 11.4. The van der Waals surface area contributed by atoms with Gasteiger partial charge < -0.3 is 9.47 Å². The van der Waals surface area contributed by atoms with Crippen molar-refractivity contribution in [1.29, 1.82) is 0 Å². The quantitative estimate of drug-likeness (QED) is 0.556. The van der Waals surface area contributed by atoms with Crippen LogP contribution in [0.2, 0.25) is 0 Å². The lowest BCUT2D eigenvalue weighted by Crippen LogP contribution is -2.00. The molecule has 2 rings (SSSR count). The smallest absolute Gasteiger partial charge is 0.330 e. The number of rotatable bonds is 7. The minimum absolute atomic E-state index is 0.313. The summed E-state index contributed by atoms with van der Waals surface area (Å²) < 4.78 is 10.7. The van der Waals surface area contributed by atoms with E-state index in [1.807, 2.05) is 43.3 Å². The number of benzene rings is 2. The van der Waals surface area contributed by atoms with Crippen LogP contribution in [0.15, 0.2) is 54.6 Å². The minimum Gasteiger partial charge on any atom is -0.489 e. The number of hydrogen-bond donors (Lipinski definition) is 0. The maximum atomic E-state index is 11.4. The molecule has 3 heteroatoms. The predicted octanol–water partition coefficient (Wildman–Crippen LogP) is 4.54. The molecule has 0 unspecified atom stereocenters. The standard InChI is InChI=1S/C20H22O3/c1-3-13-22-20(21)12-9-17-7-10-19(11-8-17)23-15-18-6-4-5-16(2)14-18/h4-12,14H,3,13,15H2,1-2H3/b12-9+. The van der Waals surface area contributed by atoms with Crippen molar-refractivity contribution in [2.45, 2.75) is 26.9 Å². The van der Waals surface area contributed by atoms with Gasteiger partial charge in [-0.2, -0.15) is 0 Å². The van der Waals surface area contributed by atoms with Crippen LogP contribution in [0.5, 0.6) is 5.75 Å². The van der Waals surface area contributed by atoms with Gasteiger partial charge in [-0.05, 0) is 42.7 Å². The fourth-order valence-corrected chi connectivity index (χ4v) is 2.06. The Balaban J connectivity index is 1.87. The van der Waals surface area contributed by atoms with Crippen LogP contribution in [0.25, 0.3) is 6.08 Å². The van der Waals surface area contributed by atoms with Crippen molar-refractivity contribution in [1.82, 2.24) is 0 Å². The molecule has 23 heavy (non-hydrogen) atoms. The van der Waals surface area contributed by atoms with E-state index in [9.17, 15) is 4.79 Å². The second-order valence-electron chi connectivity index (χ2n) is 5.35. The first-order valence-corrected chi connectivity index (χ1v) is 7.80. The molecule has 0 saturated carbocycles. The fraction of sp³-hybridized carbons (Fsp3) is 0.250. The summed E-state index contributed by atoms with van der Waals surface area (Å²) in [5, 5.41) is 0. The minimum atomic E-state index is -0.313. The van der Waals surface area contributed by atoms with Crippen LogP contribution in [0.3, 0.4) is 0 Å². The van der Waals surface area contributed by atoms with E-state index in [-0.39, 0.29) is 5.97 Å². The molecule has 0 radical (unpaired) electrons. The van der Waals surface area contributed by atoms with Crippen LogP contribution in [-0.4, -0.2) is 12.6 Å². The molecule has 0 bridgehead atoms. The molecular weight excluding hydrogens is 288 g/mol. The zero-order valence-electron chi connectivity index (χ0n) is 13.6. The summed E-state index contributed by atoms with van der Waals surface area (Å²) in [5.41, 5.74) is 3.30. The van der Waals surface area contributed by atoms with Gasteiger partial charge in [-0.15, -0.1) is 0 Å². The Hall–Kier alpha value is -2.55. The maximum absolute atomic E-state index is 11.4. The molecule has 0 fully saturated rings. The van der Waals surface area contributed by atoms with Crippen LogP contribution in [-0.2, 0) is 16.1 Å². The van der Waals surface area contributed by atoms with Crippen molar-refractivity contribution in [3.8, 4) is 5.75 Å². The Labute approximate surface area is 137 Å². The molecule has 3 nitrogen and oxygen atoms in total. The molecule has 0 aliphatic carbocycles. The van der Waals surface area contributed by atoms with Crippen LogP contribution >= 0.6 is 0 Å². The fourth-order valence-electron chi connectivity index (χ4n) is 2.06. The average Bonchev–Trinajstić information content (AvgIpc) is 2.57. The lowest BCUT2D eigenvalue weighted by molar-refractivity contribution is -0.137. The lowest BCUT2D eigenvalue weighted by Gasteiger charge is -2.07. The normalized spacial score (nSPS) is 10.7. The zero-order chi connectivity index (χ0) is 16.5. The molecule has 0 atom stereocenters. The number of hydrogen-bond acceptors (Lipinski definition) is 3. The van der Waals surface area contributed by atoms with E-state index in [0.29, 0.717) is 13.2 Å². The Bertz CT molecular complexity index is 657. The summed E-state index contributed by atoms with van der Waals surface area (Å²) in [7, 11) is 0. The van der Waals surface area contributed by atoms with E-state index in [4.69, 9.17) is 9.47 Å². The SMILES string of the molecule is CCCOC(=O)/C=C/c1ccc(OCc2cccc(C)c2)cc1. The first kappa shape index (κ1) is 16.8. The molecule has 0 saturated heterocycles. The second-order valence-corrected chi connectivity index (χ2v) is 5.35. The number of carbonyl (C=O) groups is 1. The molecule has 0 aliphatic rings. The van der Waals surface area contributed by atoms with Gasteiger partial charge >= 0.3 is 5.97 Å². The van der Waals surface area contributed by atoms with Gasteiger partial charge in [0.15, 0.2) is 0 Å². The van der Waals surface area contributed by atoms with Crippen LogP contribution in [0, 0.1) is 6.92 Å². The molecule has 120 valence electrons. The van der Waals surface area contributed by atoms with Crippen molar-refractivity contribution in [3.05, 3.63) is 71.3 Å². The lowest BCUT2D eigenvalue weighted by atomic mass is 10.1. The molecule has 2 aromatic rings. The van der Waals surface area contributed by atoms with E-state index in [2.05, 4.69) is 19.1 Å². The third-order valence-electron chi connectivity index (χ3n) is 3.23. The summed E-state index contributed by atoms with van der Waals surface area (Å²) in [6, 6.07) is 15.9. The van der Waals surface area contributed by atoms with Gasteiger partial charge in [-0.1, -0.05) is 48.9 Å².